The molecule has 21 nitrogen and oxygen atoms in total. The van der Waals surface area contributed by atoms with Gasteiger partial charge in [0.05, 0.1) is 17.5 Å². The molecular weight excluding hydrogens is 726 g/mol. The van der Waals surface area contributed by atoms with Crippen LogP contribution in [0.25, 0.3) is 0 Å². The van der Waals surface area contributed by atoms with Crippen LogP contribution in [0.2, 0.25) is 0 Å². The molecule has 53 heavy (non-hydrogen) atoms. The number of phenols is 2. The van der Waals surface area contributed by atoms with Gasteiger partial charge in [-0.3, -0.25) is 28.9 Å². The molecule has 2 saturated carbocycles. The molecule has 5 aliphatic rings. The van der Waals surface area contributed by atoms with E-state index in [-0.39, 0.29) is 57.2 Å². The van der Waals surface area contributed by atoms with Crippen molar-refractivity contribution in [3.05, 3.63) is 29.1 Å². The molecule has 2 bridgehead atoms. The minimum Gasteiger partial charge on any atom is -0.504 e. The molecule has 4 unspecified atom stereocenters. The molecule has 2 saturated heterocycles. The van der Waals surface area contributed by atoms with E-state index >= 15 is 0 Å². The lowest BCUT2D eigenvalue weighted by molar-refractivity contribution is -0.256. The molecule has 7 N–H and O–H groups in total. The van der Waals surface area contributed by atoms with E-state index in [0.717, 1.165) is 25.0 Å². The number of carbonyl (C=O) groups excluding carboxylic acids is 5. The minimum absolute atomic E-state index is 0.00165. The lowest BCUT2D eigenvalue weighted by Crippen LogP contribution is -2.57. The van der Waals surface area contributed by atoms with Crippen molar-refractivity contribution >= 4 is 63.9 Å². The number of esters is 1. The number of aliphatic carboxylic acids is 2. The topological polar surface area (TPSA) is 311 Å². The van der Waals surface area contributed by atoms with Gasteiger partial charge in [0, 0.05) is 24.4 Å². The number of imide groups is 1. The third-order valence-electron chi connectivity index (χ3n) is 10.9. The lowest BCUT2D eigenvalue weighted by Gasteiger charge is -2.44. The number of cyclic esters (lactones) is 1. The number of amides is 4. The van der Waals surface area contributed by atoms with Crippen molar-refractivity contribution < 1.29 is 68.4 Å². The Morgan fingerprint density at radius 2 is 1.60 bits per heavy atom. The molecule has 0 radical (unpaired) electrons. The van der Waals surface area contributed by atoms with Crippen molar-refractivity contribution in [1.82, 2.24) is 24.6 Å². The van der Waals surface area contributed by atoms with E-state index in [2.05, 4.69) is 33.7 Å². The van der Waals surface area contributed by atoms with E-state index < -0.39 is 95.2 Å². The van der Waals surface area contributed by atoms with Gasteiger partial charge in [0.2, 0.25) is 17.1 Å². The van der Waals surface area contributed by atoms with Crippen molar-refractivity contribution in [3.63, 3.8) is 0 Å². The van der Waals surface area contributed by atoms with Gasteiger partial charge in [-0.15, -0.1) is 0 Å². The van der Waals surface area contributed by atoms with Crippen molar-refractivity contribution in [3.8, 4) is 11.5 Å². The number of hydrogen-bond acceptors (Lipinski definition) is 17. The Hall–Kier alpha value is -5.90. The van der Waals surface area contributed by atoms with Crippen LogP contribution in [0.1, 0.15) is 72.5 Å². The summed E-state index contributed by atoms with van der Waals surface area (Å²) < 4.78 is 9.10. The van der Waals surface area contributed by atoms with Crippen LogP contribution in [0.5, 0.6) is 11.5 Å². The molecule has 5 atom stereocenters. The molecule has 280 valence electrons. The second-order valence-corrected chi connectivity index (χ2v) is 14.8. The zero-order chi connectivity index (χ0) is 38.4. The van der Waals surface area contributed by atoms with Gasteiger partial charge in [0.1, 0.15) is 18.7 Å². The second-order valence-electron chi connectivity index (χ2n) is 14.0. The first-order chi connectivity index (χ1) is 24.9. The lowest BCUT2D eigenvalue weighted by atomic mass is 9.63. The SMILES string of the molecule is CC1(C)C2CCC1CC(O/N=C(\C(=O)N[C@H]1CON(C3(C(=O)O)CC(N4C(=O)c5cc(O)c(O)cc5C4=O)C(=O)O3)C1=O)c1nsc(N)n1)(C(=O)O)C2. The number of carboxylic acids is 2. The van der Waals surface area contributed by atoms with Crippen molar-refractivity contribution in [2.45, 2.75) is 69.4 Å². The quantitative estimate of drug-likeness (QED) is 0.0622. The number of phenolic OH excluding ortho intramolecular Hbond substituents is 2. The minimum atomic E-state index is -2.93. The molecule has 2 aromatic rings. The van der Waals surface area contributed by atoms with Crippen LogP contribution >= 0.6 is 11.5 Å². The summed E-state index contributed by atoms with van der Waals surface area (Å²) in [4.78, 5) is 107. The third kappa shape index (κ3) is 5.38. The fraction of sp³-hybridized carbons (Fsp3) is 0.484. The van der Waals surface area contributed by atoms with Gasteiger partial charge in [-0.2, -0.15) is 14.4 Å². The van der Waals surface area contributed by atoms with Crippen LogP contribution < -0.4 is 11.1 Å². The number of hydrogen-bond donors (Lipinski definition) is 6. The molecule has 1 aromatic heterocycles. The molecule has 1 aromatic carbocycles. The number of nitrogens with two attached hydrogens (primary N) is 1. The van der Waals surface area contributed by atoms with E-state index in [1.807, 2.05) is 0 Å². The molecule has 0 spiro atoms. The number of benzene rings is 1. The van der Waals surface area contributed by atoms with Gasteiger partial charge in [-0.1, -0.05) is 19.0 Å². The average molecular weight is 758 g/mol. The first-order valence-electron chi connectivity index (χ1n) is 16.2. The largest absolute Gasteiger partial charge is 0.504 e. The summed E-state index contributed by atoms with van der Waals surface area (Å²) in [6, 6.07) is -1.94. The number of nitrogens with one attached hydrogen (secondary N) is 1. The van der Waals surface area contributed by atoms with Gasteiger partial charge in [0.15, 0.2) is 16.6 Å². The Morgan fingerprint density at radius 3 is 2.13 bits per heavy atom. The fourth-order valence-corrected chi connectivity index (χ4v) is 8.22. The van der Waals surface area contributed by atoms with Gasteiger partial charge in [-0.05, 0) is 42.2 Å². The summed E-state index contributed by atoms with van der Waals surface area (Å²) in [5.41, 5.74) is -0.530. The molecule has 4 amide bonds. The summed E-state index contributed by atoms with van der Waals surface area (Å²) in [6.45, 7) is 3.44. The maximum atomic E-state index is 13.7. The number of ether oxygens (including phenoxy) is 1. The maximum absolute atomic E-state index is 13.7. The predicted octanol–water partition coefficient (Wildman–Crippen LogP) is -0.427. The summed E-state index contributed by atoms with van der Waals surface area (Å²) in [6.07, 6.45) is 0.806. The number of oxime groups is 1. The Labute approximate surface area is 301 Å². The number of hydroxylamine groups is 2. The Morgan fingerprint density at radius 1 is 1.00 bits per heavy atom. The van der Waals surface area contributed by atoms with Crippen molar-refractivity contribution in [2.75, 3.05) is 12.3 Å². The van der Waals surface area contributed by atoms with Crippen LogP contribution in [0, 0.1) is 17.3 Å². The molecule has 7 rings (SSSR count). The highest BCUT2D eigenvalue weighted by Gasteiger charge is 2.65. The number of nitrogen functional groups attached to an aromatic ring is 1. The molecular formula is C31H31N7O14S. The van der Waals surface area contributed by atoms with E-state index in [1.54, 1.807) is 0 Å². The highest BCUT2D eigenvalue weighted by atomic mass is 32.1. The Kier molecular flexibility index (Phi) is 8.09. The maximum Gasteiger partial charge on any atom is 0.372 e. The standard InChI is InChI=1S/C31H31N7O14S/c1-29(2)11-3-4-12(29)8-30(7-11,26(46)47)52-35-19(20-34-28(32)53-36-20)21(41)33-15-10-50-38(24(15)44)31(27(48)49)9-16(25(45)51-31)37-22(42)13-5-17(39)18(40)6-14(13)23(37)43/h5-6,11-12,15-16,39-40H,3-4,7-10H2,1-2H3,(H,33,41)(H,46,47)(H,48,49)(H2,32,34,36)/b35-19-/t11?,12?,15-,16?,30?,31?/m0/s1. The number of carboxylic acid groups (broad SMARTS) is 2. The monoisotopic (exact) mass is 757 g/mol. The highest BCUT2D eigenvalue weighted by Crippen LogP contribution is 2.58. The van der Waals surface area contributed by atoms with Crippen LogP contribution in [0.3, 0.4) is 0 Å². The normalized spacial score (nSPS) is 30.4. The number of fused-ring (bicyclic) bond motifs is 3. The summed E-state index contributed by atoms with van der Waals surface area (Å²) in [7, 11) is 0. The molecule has 4 heterocycles. The number of aromatic nitrogens is 2. The van der Waals surface area contributed by atoms with Crippen LogP contribution in [0.4, 0.5) is 5.13 Å². The van der Waals surface area contributed by atoms with Gasteiger partial charge >= 0.3 is 23.6 Å². The molecule has 3 aliphatic heterocycles. The first-order valence-corrected chi connectivity index (χ1v) is 16.9. The number of anilines is 1. The average Bonchev–Trinajstić information content (AvgIpc) is 3.84. The second kappa shape index (κ2) is 12.1. The zero-order valence-electron chi connectivity index (χ0n) is 27.8. The van der Waals surface area contributed by atoms with E-state index in [9.17, 15) is 54.0 Å². The zero-order valence-corrected chi connectivity index (χ0v) is 28.6. The van der Waals surface area contributed by atoms with Gasteiger partial charge < -0.3 is 41.1 Å². The summed E-state index contributed by atoms with van der Waals surface area (Å²) in [5, 5.41) is 46.5. The highest BCUT2D eigenvalue weighted by molar-refractivity contribution is 7.09. The van der Waals surface area contributed by atoms with E-state index in [1.165, 1.54) is 0 Å². The van der Waals surface area contributed by atoms with Crippen LogP contribution in [-0.2, 0) is 38.4 Å². The van der Waals surface area contributed by atoms with Gasteiger partial charge in [0.25, 0.3) is 23.6 Å². The smallest absolute Gasteiger partial charge is 0.372 e. The summed E-state index contributed by atoms with van der Waals surface area (Å²) >= 11 is 0.693. The van der Waals surface area contributed by atoms with E-state index in [4.69, 9.17) is 20.1 Å². The number of nitrogens with zero attached hydrogens (tertiary/aromatic N) is 5. The van der Waals surface area contributed by atoms with Crippen LogP contribution in [0.15, 0.2) is 17.3 Å². The van der Waals surface area contributed by atoms with Crippen molar-refractivity contribution in [1.29, 1.82) is 0 Å². The summed E-state index contributed by atoms with van der Waals surface area (Å²) in [5.74, 6) is -11.0. The molecule has 2 aliphatic carbocycles. The van der Waals surface area contributed by atoms with Crippen LogP contribution in [-0.4, -0.2) is 117 Å². The third-order valence-corrected chi connectivity index (χ3v) is 11.4. The molecule has 22 heteroatoms. The van der Waals surface area contributed by atoms with Crippen molar-refractivity contribution in [2.24, 2.45) is 22.4 Å². The number of carbonyl (C=O) groups is 7. The number of aromatic hydroxyl groups is 2. The van der Waals surface area contributed by atoms with Gasteiger partial charge in [-0.25, -0.2) is 14.4 Å². The fourth-order valence-electron chi connectivity index (χ4n) is 7.79. The van der Waals surface area contributed by atoms with E-state index in [0.29, 0.717) is 16.4 Å². The number of rotatable bonds is 9. The molecule has 4 fully saturated rings. The Bertz CT molecular complexity index is 1990. The first kappa shape index (κ1) is 35.5. The predicted molar refractivity (Wildman–Crippen MR) is 171 cm³/mol. The Balaban J connectivity index is 1.11.